The number of aliphatic hydroxyl groups excluding tert-OH is 1. The second-order valence-corrected chi connectivity index (χ2v) is 3.59. The van der Waals surface area contributed by atoms with Crippen LogP contribution in [0, 0.1) is 0 Å². The highest BCUT2D eigenvalue weighted by atomic mass is 19.3. The fourth-order valence-corrected chi connectivity index (χ4v) is 1.35. The summed E-state index contributed by atoms with van der Waals surface area (Å²) in [5.41, 5.74) is 0.615. The highest BCUT2D eigenvalue weighted by Gasteiger charge is 2.18. The lowest BCUT2D eigenvalue weighted by Crippen LogP contribution is -2.33. The second kappa shape index (κ2) is 5.77. The van der Waals surface area contributed by atoms with Crippen molar-refractivity contribution in [1.29, 1.82) is 0 Å². The molecule has 0 fully saturated rings. The number of halogens is 2. The zero-order chi connectivity index (χ0) is 12.1. The molecule has 1 aromatic carbocycles. The maximum Gasteiger partial charge on any atom is 0.265 e. The number of phenolic OH excluding ortho intramolecular Hbond substituents is 1. The van der Waals surface area contributed by atoms with Crippen LogP contribution in [-0.4, -0.2) is 29.3 Å². The maximum absolute atomic E-state index is 12.0. The number of alkyl halides is 2. The molecule has 0 spiro atoms. The van der Waals surface area contributed by atoms with E-state index in [-0.39, 0.29) is 18.3 Å². The molecule has 1 rings (SSSR count). The van der Waals surface area contributed by atoms with Crippen LogP contribution in [0.3, 0.4) is 0 Å². The first-order valence-corrected chi connectivity index (χ1v) is 5.00. The molecule has 0 saturated carbocycles. The zero-order valence-electron chi connectivity index (χ0n) is 8.90. The third-order valence-electron chi connectivity index (χ3n) is 2.33. The van der Waals surface area contributed by atoms with E-state index >= 15 is 0 Å². The van der Waals surface area contributed by atoms with Gasteiger partial charge in [-0.3, -0.25) is 0 Å². The maximum atomic E-state index is 12.0. The molecule has 3 N–H and O–H groups in total. The van der Waals surface area contributed by atoms with Crippen LogP contribution in [0.4, 0.5) is 8.78 Å². The molecule has 0 amide bonds. The largest absolute Gasteiger partial charge is 0.508 e. The summed E-state index contributed by atoms with van der Waals surface area (Å²) in [6.07, 6.45) is -4.45. The Kier molecular flexibility index (Phi) is 4.64. The summed E-state index contributed by atoms with van der Waals surface area (Å²) >= 11 is 0. The minimum atomic E-state index is -2.76. The molecule has 0 aromatic heterocycles. The zero-order valence-corrected chi connectivity index (χ0v) is 8.90. The van der Waals surface area contributed by atoms with Crippen LogP contribution in [-0.2, 0) is 0 Å². The van der Waals surface area contributed by atoms with Gasteiger partial charge in [-0.25, -0.2) is 8.78 Å². The first-order chi connectivity index (χ1) is 7.52. The lowest BCUT2D eigenvalue weighted by Gasteiger charge is -2.17. The van der Waals surface area contributed by atoms with Crippen molar-refractivity contribution >= 4 is 0 Å². The average Bonchev–Trinajstić information content (AvgIpc) is 2.25. The Bertz CT molecular complexity index is 334. The predicted molar refractivity (Wildman–Crippen MR) is 56.5 cm³/mol. The Hall–Kier alpha value is -1.20. The van der Waals surface area contributed by atoms with Crippen LogP contribution in [0.15, 0.2) is 24.3 Å². The Morgan fingerprint density at radius 3 is 2.50 bits per heavy atom. The Labute approximate surface area is 92.7 Å². The lowest BCUT2D eigenvalue weighted by atomic mass is 10.1. The molecule has 16 heavy (non-hydrogen) atoms. The summed E-state index contributed by atoms with van der Waals surface area (Å²) in [5.74, 6) is 0.106. The van der Waals surface area contributed by atoms with Gasteiger partial charge in [0.15, 0.2) is 0 Å². The van der Waals surface area contributed by atoms with E-state index in [0.717, 1.165) is 0 Å². The number of aliphatic hydroxyl groups is 1. The van der Waals surface area contributed by atoms with Crippen LogP contribution < -0.4 is 5.32 Å². The molecule has 5 heteroatoms. The number of para-hydroxylation sites is 1. The summed E-state index contributed by atoms with van der Waals surface area (Å²) < 4.78 is 24.0. The van der Waals surface area contributed by atoms with Crippen molar-refractivity contribution in [3.63, 3.8) is 0 Å². The second-order valence-electron chi connectivity index (χ2n) is 3.59. The summed E-state index contributed by atoms with van der Waals surface area (Å²) in [6.45, 7) is 1.51. The summed E-state index contributed by atoms with van der Waals surface area (Å²) in [5, 5.41) is 21.2. The van der Waals surface area contributed by atoms with E-state index < -0.39 is 12.5 Å². The van der Waals surface area contributed by atoms with Gasteiger partial charge in [0.05, 0.1) is 0 Å². The molecule has 0 radical (unpaired) electrons. The van der Waals surface area contributed by atoms with Gasteiger partial charge in [-0.05, 0) is 13.0 Å². The van der Waals surface area contributed by atoms with E-state index in [1.807, 2.05) is 0 Å². The molecule has 2 unspecified atom stereocenters. The van der Waals surface area contributed by atoms with Crippen LogP contribution in [0.1, 0.15) is 18.5 Å². The van der Waals surface area contributed by atoms with Gasteiger partial charge in [0.2, 0.25) is 0 Å². The molecule has 0 aliphatic carbocycles. The highest BCUT2D eigenvalue weighted by molar-refractivity contribution is 5.34. The van der Waals surface area contributed by atoms with Gasteiger partial charge >= 0.3 is 0 Å². The van der Waals surface area contributed by atoms with Crippen molar-refractivity contribution in [2.45, 2.75) is 25.5 Å². The SMILES string of the molecule is CC(NCC(O)C(F)F)c1ccccc1O. The molecular weight excluding hydrogens is 216 g/mol. The van der Waals surface area contributed by atoms with Crippen molar-refractivity contribution in [3.8, 4) is 5.75 Å². The first-order valence-electron chi connectivity index (χ1n) is 5.00. The smallest absolute Gasteiger partial charge is 0.265 e. The van der Waals surface area contributed by atoms with Crippen LogP contribution in [0.2, 0.25) is 0 Å². The third-order valence-corrected chi connectivity index (χ3v) is 2.33. The van der Waals surface area contributed by atoms with E-state index in [1.54, 1.807) is 25.1 Å². The monoisotopic (exact) mass is 231 g/mol. The number of rotatable bonds is 5. The molecule has 0 aliphatic rings. The fraction of sp³-hybridized carbons (Fsp3) is 0.455. The first kappa shape index (κ1) is 12.9. The van der Waals surface area contributed by atoms with E-state index in [2.05, 4.69) is 5.32 Å². The molecule has 0 heterocycles. The van der Waals surface area contributed by atoms with Crippen LogP contribution in [0.25, 0.3) is 0 Å². The molecule has 0 aliphatic heterocycles. The van der Waals surface area contributed by atoms with Crippen LogP contribution in [0.5, 0.6) is 5.75 Å². The quantitative estimate of drug-likeness (QED) is 0.722. The van der Waals surface area contributed by atoms with Crippen molar-refractivity contribution in [2.75, 3.05) is 6.54 Å². The average molecular weight is 231 g/mol. The number of phenols is 1. The number of nitrogens with one attached hydrogen (secondary N) is 1. The van der Waals surface area contributed by atoms with Crippen LogP contribution >= 0.6 is 0 Å². The van der Waals surface area contributed by atoms with Crippen molar-refractivity contribution in [1.82, 2.24) is 5.32 Å². The number of hydrogen-bond donors (Lipinski definition) is 3. The Morgan fingerprint density at radius 2 is 1.94 bits per heavy atom. The normalized spacial score (nSPS) is 15.1. The van der Waals surface area contributed by atoms with Gasteiger partial charge < -0.3 is 15.5 Å². The van der Waals surface area contributed by atoms with Gasteiger partial charge in [-0.1, -0.05) is 18.2 Å². The molecule has 2 atom stereocenters. The number of benzene rings is 1. The molecule has 0 bridgehead atoms. The molecular formula is C11H15F2NO2. The Morgan fingerprint density at radius 1 is 1.31 bits per heavy atom. The topological polar surface area (TPSA) is 52.5 Å². The lowest BCUT2D eigenvalue weighted by molar-refractivity contribution is -0.00441. The Balaban J connectivity index is 2.53. The van der Waals surface area contributed by atoms with Gasteiger partial charge in [0.25, 0.3) is 6.43 Å². The number of hydrogen-bond acceptors (Lipinski definition) is 3. The summed E-state index contributed by atoms with van der Waals surface area (Å²) in [4.78, 5) is 0. The van der Waals surface area contributed by atoms with Crippen molar-refractivity contribution < 1.29 is 19.0 Å². The van der Waals surface area contributed by atoms with Gasteiger partial charge in [0.1, 0.15) is 11.9 Å². The minimum absolute atomic E-state index is 0.106. The molecule has 90 valence electrons. The molecule has 0 saturated heterocycles. The standard InChI is InChI=1S/C11H15F2NO2/c1-7(14-6-10(16)11(12)13)8-4-2-3-5-9(8)15/h2-5,7,10-11,14-16H,6H2,1H3. The summed E-state index contributed by atoms with van der Waals surface area (Å²) in [7, 11) is 0. The van der Waals surface area contributed by atoms with Gasteiger partial charge in [0, 0.05) is 18.2 Å². The fourth-order valence-electron chi connectivity index (χ4n) is 1.35. The van der Waals surface area contributed by atoms with Crippen molar-refractivity contribution in [3.05, 3.63) is 29.8 Å². The highest BCUT2D eigenvalue weighted by Crippen LogP contribution is 2.22. The third kappa shape index (κ3) is 3.43. The van der Waals surface area contributed by atoms with E-state index in [9.17, 15) is 13.9 Å². The molecule has 1 aromatic rings. The van der Waals surface area contributed by atoms with E-state index in [0.29, 0.717) is 5.56 Å². The molecule has 3 nitrogen and oxygen atoms in total. The van der Waals surface area contributed by atoms with E-state index in [1.165, 1.54) is 6.07 Å². The predicted octanol–water partition coefficient (Wildman–Crippen LogP) is 1.67. The van der Waals surface area contributed by atoms with Crippen molar-refractivity contribution in [2.24, 2.45) is 0 Å². The van der Waals surface area contributed by atoms with E-state index in [4.69, 9.17) is 5.11 Å². The van der Waals surface area contributed by atoms with Gasteiger partial charge in [-0.2, -0.15) is 0 Å². The minimum Gasteiger partial charge on any atom is -0.508 e. The number of aromatic hydroxyl groups is 1. The van der Waals surface area contributed by atoms with Gasteiger partial charge in [-0.15, -0.1) is 0 Å². The summed E-state index contributed by atoms with van der Waals surface area (Å²) in [6, 6.07) is 6.35.